The first-order valence-corrected chi connectivity index (χ1v) is 3.98. The number of benzene rings is 1. The Morgan fingerprint density at radius 1 is 1.08 bits per heavy atom. The van der Waals surface area contributed by atoms with Crippen LogP contribution in [0.4, 0.5) is 0 Å². The summed E-state index contributed by atoms with van der Waals surface area (Å²) in [5.74, 6) is 0.270. The third-order valence-electron chi connectivity index (χ3n) is 1.78. The van der Waals surface area contributed by atoms with E-state index in [9.17, 15) is 0 Å². The fraction of sp³-hybridized carbons (Fsp3) is 0. The van der Waals surface area contributed by atoms with Gasteiger partial charge in [-0.25, -0.2) is 0 Å². The van der Waals surface area contributed by atoms with Gasteiger partial charge in [-0.3, -0.25) is 4.98 Å². The van der Waals surface area contributed by atoms with Crippen LogP contribution in [0.2, 0.25) is 0 Å². The zero-order chi connectivity index (χ0) is 9.10. The third kappa shape index (κ3) is 1.67. The van der Waals surface area contributed by atoms with E-state index >= 15 is 0 Å². The van der Waals surface area contributed by atoms with E-state index in [0.717, 1.165) is 11.3 Å². The molecule has 0 saturated heterocycles. The number of phenolic OH excluding ortho intramolecular Hbond substituents is 1. The molecule has 13 heavy (non-hydrogen) atoms. The molecule has 2 aromatic rings. The molecule has 0 amide bonds. The number of hydrogen-bond acceptors (Lipinski definition) is 2. The summed E-state index contributed by atoms with van der Waals surface area (Å²) in [7, 11) is 0. The number of aromatic nitrogens is 1. The monoisotopic (exact) mass is 170 g/mol. The van der Waals surface area contributed by atoms with E-state index in [0.29, 0.717) is 0 Å². The van der Waals surface area contributed by atoms with E-state index in [2.05, 4.69) is 11.1 Å². The Hall–Kier alpha value is -1.83. The van der Waals surface area contributed by atoms with Gasteiger partial charge in [-0.2, -0.15) is 0 Å². The summed E-state index contributed by atoms with van der Waals surface area (Å²) in [5, 5.41) is 9.08. The average Bonchev–Trinajstić information content (AvgIpc) is 2.20. The van der Waals surface area contributed by atoms with Crippen LogP contribution < -0.4 is 0 Å². The molecule has 0 aliphatic rings. The number of aromatic hydroxyl groups is 1. The Morgan fingerprint density at radius 2 is 1.85 bits per heavy atom. The predicted molar refractivity (Wildman–Crippen MR) is 50.2 cm³/mol. The zero-order valence-corrected chi connectivity index (χ0v) is 6.94. The highest BCUT2D eigenvalue weighted by atomic mass is 16.3. The average molecular weight is 170 g/mol. The number of rotatable bonds is 1. The summed E-state index contributed by atoms with van der Waals surface area (Å²) < 4.78 is 0. The molecule has 1 heterocycles. The summed E-state index contributed by atoms with van der Waals surface area (Å²) in [4.78, 5) is 4.14. The molecule has 0 bridgehead atoms. The Labute approximate surface area is 76.5 Å². The summed E-state index contributed by atoms with van der Waals surface area (Å²) in [6, 6.07) is 13.5. The molecule has 2 nitrogen and oxygen atoms in total. The fourth-order valence-corrected chi connectivity index (χ4v) is 1.12. The van der Waals surface area contributed by atoms with Gasteiger partial charge in [0.05, 0.1) is 5.69 Å². The van der Waals surface area contributed by atoms with E-state index in [1.807, 2.05) is 24.3 Å². The van der Waals surface area contributed by atoms with Gasteiger partial charge in [-0.15, -0.1) is 0 Å². The molecule has 2 rings (SSSR count). The Bertz CT molecular complexity index is 381. The van der Waals surface area contributed by atoms with Gasteiger partial charge in [0.25, 0.3) is 0 Å². The zero-order valence-electron chi connectivity index (χ0n) is 6.94. The standard InChI is InChI=1S/C11H8NO/c13-10-6-4-9(5-7-10)11-3-1-2-8-12-11/h1,3-8,13H. The SMILES string of the molecule is Oc1ccc(-c2cc[c]cn2)cc1. The molecule has 1 aromatic carbocycles. The highest BCUT2D eigenvalue weighted by molar-refractivity contribution is 5.59. The molecule has 0 spiro atoms. The van der Waals surface area contributed by atoms with Gasteiger partial charge in [0.1, 0.15) is 5.75 Å². The first-order chi connectivity index (χ1) is 6.36. The first-order valence-electron chi connectivity index (χ1n) is 3.98. The van der Waals surface area contributed by atoms with Crippen molar-refractivity contribution in [1.29, 1.82) is 0 Å². The summed E-state index contributed by atoms with van der Waals surface area (Å²) in [5.41, 5.74) is 1.88. The van der Waals surface area contributed by atoms with Gasteiger partial charge >= 0.3 is 0 Å². The second kappa shape index (κ2) is 3.27. The second-order valence-corrected chi connectivity index (χ2v) is 2.69. The maximum atomic E-state index is 9.08. The van der Waals surface area contributed by atoms with Crippen LogP contribution in [0, 0.1) is 6.07 Å². The molecule has 0 atom stereocenters. The molecule has 0 aliphatic heterocycles. The number of nitrogens with zero attached hydrogens (tertiary/aromatic N) is 1. The lowest BCUT2D eigenvalue weighted by Gasteiger charge is -1.98. The van der Waals surface area contributed by atoms with Crippen LogP contribution in [0.5, 0.6) is 5.75 Å². The summed E-state index contributed by atoms with van der Waals surface area (Å²) >= 11 is 0. The molecule has 0 saturated carbocycles. The van der Waals surface area contributed by atoms with Gasteiger partial charge in [0.15, 0.2) is 0 Å². The number of hydrogen-bond donors (Lipinski definition) is 1. The molecular formula is C11H8NO. The lowest BCUT2D eigenvalue weighted by atomic mass is 10.1. The van der Waals surface area contributed by atoms with Crippen LogP contribution >= 0.6 is 0 Å². The van der Waals surface area contributed by atoms with Crippen molar-refractivity contribution >= 4 is 0 Å². The normalized spacial score (nSPS) is 9.85. The van der Waals surface area contributed by atoms with Gasteiger partial charge in [0.2, 0.25) is 0 Å². The molecule has 0 fully saturated rings. The second-order valence-electron chi connectivity index (χ2n) is 2.69. The quantitative estimate of drug-likeness (QED) is 0.712. The van der Waals surface area contributed by atoms with Crippen molar-refractivity contribution in [2.75, 3.05) is 0 Å². The minimum absolute atomic E-state index is 0.270. The van der Waals surface area contributed by atoms with Crippen LogP contribution in [0.1, 0.15) is 0 Å². The number of pyridine rings is 1. The highest BCUT2D eigenvalue weighted by Gasteiger charge is 1.96. The van der Waals surface area contributed by atoms with Crippen molar-refractivity contribution in [3.63, 3.8) is 0 Å². The molecule has 1 radical (unpaired) electrons. The van der Waals surface area contributed by atoms with Crippen LogP contribution in [0.15, 0.2) is 42.6 Å². The molecule has 0 unspecified atom stereocenters. The van der Waals surface area contributed by atoms with E-state index in [1.165, 1.54) is 0 Å². The Balaban J connectivity index is 2.42. The predicted octanol–water partition coefficient (Wildman–Crippen LogP) is 2.25. The van der Waals surface area contributed by atoms with Crippen LogP contribution in [-0.2, 0) is 0 Å². The maximum Gasteiger partial charge on any atom is 0.115 e. The third-order valence-corrected chi connectivity index (χ3v) is 1.78. The largest absolute Gasteiger partial charge is 0.508 e. The van der Waals surface area contributed by atoms with E-state index < -0.39 is 0 Å². The molecule has 0 aliphatic carbocycles. The lowest BCUT2D eigenvalue weighted by Crippen LogP contribution is -1.80. The van der Waals surface area contributed by atoms with Crippen LogP contribution in [0.3, 0.4) is 0 Å². The lowest BCUT2D eigenvalue weighted by molar-refractivity contribution is 0.475. The van der Waals surface area contributed by atoms with Gasteiger partial charge < -0.3 is 5.11 Å². The maximum absolute atomic E-state index is 9.08. The molecule has 1 N–H and O–H groups in total. The van der Waals surface area contributed by atoms with Crippen molar-refractivity contribution in [3.8, 4) is 17.0 Å². The van der Waals surface area contributed by atoms with Gasteiger partial charge in [-0.1, -0.05) is 6.07 Å². The fourth-order valence-electron chi connectivity index (χ4n) is 1.12. The van der Waals surface area contributed by atoms with Crippen molar-refractivity contribution < 1.29 is 5.11 Å². The molecular weight excluding hydrogens is 162 g/mol. The Kier molecular flexibility index (Phi) is 1.96. The van der Waals surface area contributed by atoms with Crippen LogP contribution in [0.25, 0.3) is 11.3 Å². The minimum Gasteiger partial charge on any atom is -0.508 e. The van der Waals surface area contributed by atoms with Gasteiger partial charge in [0, 0.05) is 17.8 Å². The van der Waals surface area contributed by atoms with Crippen LogP contribution in [-0.4, -0.2) is 10.1 Å². The Morgan fingerprint density at radius 3 is 2.46 bits per heavy atom. The van der Waals surface area contributed by atoms with Gasteiger partial charge in [-0.05, 0) is 30.3 Å². The van der Waals surface area contributed by atoms with E-state index in [1.54, 1.807) is 18.3 Å². The van der Waals surface area contributed by atoms with Crippen molar-refractivity contribution in [2.24, 2.45) is 0 Å². The summed E-state index contributed by atoms with van der Waals surface area (Å²) in [6.07, 6.45) is 1.63. The summed E-state index contributed by atoms with van der Waals surface area (Å²) in [6.45, 7) is 0. The highest BCUT2D eigenvalue weighted by Crippen LogP contribution is 2.18. The molecule has 2 heteroatoms. The smallest absolute Gasteiger partial charge is 0.115 e. The number of phenols is 1. The molecule has 63 valence electrons. The van der Waals surface area contributed by atoms with Crippen molar-refractivity contribution in [3.05, 3.63) is 48.7 Å². The first kappa shape index (κ1) is 7.80. The van der Waals surface area contributed by atoms with E-state index in [-0.39, 0.29) is 5.75 Å². The topological polar surface area (TPSA) is 33.1 Å². The van der Waals surface area contributed by atoms with Crippen molar-refractivity contribution in [1.82, 2.24) is 4.98 Å². The molecule has 1 aromatic heterocycles. The van der Waals surface area contributed by atoms with E-state index in [4.69, 9.17) is 5.11 Å². The van der Waals surface area contributed by atoms with Crippen molar-refractivity contribution in [2.45, 2.75) is 0 Å². The minimum atomic E-state index is 0.270.